The fraction of sp³-hybridized carbons (Fsp3) is 0.381. The first-order valence-corrected chi connectivity index (χ1v) is 9.56. The Kier molecular flexibility index (Phi) is 7.04. The number of ether oxygens (including phenoxy) is 1. The van der Waals surface area contributed by atoms with E-state index >= 15 is 0 Å². The molecule has 0 saturated carbocycles. The number of ketones is 1. The van der Waals surface area contributed by atoms with E-state index in [4.69, 9.17) is 4.74 Å². The van der Waals surface area contributed by atoms with Crippen molar-refractivity contribution in [3.05, 3.63) is 65.2 Å². The summed E-state index contributed by atoms with van der Waals surface area (Å²) in [6.45, 7) is 4.03. The molecule has 2 aromatic carbocycles. The summed E-state index contributed by atoms with van der Waals surface area (Å²) < 4.78 is 5.35. The Morgan fingerprint density at radius 1 is 1.12 bits per heavy atom. The summed E-state index contributed by atoms with van der Waals surface area (Å²) in [5, 5.41) is 0.919. The lowest BCUT2D eigenvalue weighted by Crippen LogP contribution is -2.10. The number of carbonyl (C=O) groups excluding carboxylic acids is 1. The molecule has 0 fully saturated rings. The third-order valence-corrected chi connectivity index (χ3v) is 5.01. The molecular weight excluding hydrogens is 364 g/mol. The molecular formula is C21H25BrO2. The highest BCUT2D eigenvalue weighted by atomic mass is 79.9. The minimum absolute atomic E-state index is 0.0765. The average molecular weight is 389 g/mol. The molecule has 0 saturated heterocycles. The molecule has 0 aliphatic heterocycles. The van der Waals surface area contributed by atoms with Crippen LogP contribution in [0.2, 0.25) is 0 Å². The molecule has 0 aliphatic carbocycles. The highest BCUT2D eigenvalue weighted by molar-refractivity contribution is 9.09. The number of hydrogen-bond donors (Lipinski definition) is 0. The zero-order valence-corrected chi connectivity index (χ0v) is 16.2. The number of carbonyl (C=O) groups is 1. The molecule has 24 heavy (non-hydrogen) atoms. The van der Waals surface area contributed by atoms with Gasteiger partial charge in [-0.3, -0.25) is 4.79 Å². The summed E-state index contributed by atoms with van der Waals surface area (Å²) in [5.74, 6) is 1.46. The smallest absolute Gasteiger partial charge is 0.165 e. The standard InChI is InChI=1S/C21H25BrO2/c1-4-15(2)21(23)17-10-8-16(9-11-17)20(12-13-22)18-6-5-7-19(14-18)24-3/h5-11,14-15,20H,4,12-13H2,1-3H3. The summed E-state index contributed by atoms with van der Waals surface area (Å²) in [7, 11) is 1.69. The Morgan fingerprint density at radius 3 is 2.42 bits per heavy atom. The lowest BCUT2D eigenvalue weighted by molar-refractivity contribution is 0.0927. The van der Waals surface area contributed by atoms with E-state index in [2.05, 4.69) is 40.2 Å². The molecule has 0 aliphatic rings. The largest absolute Gasteiger partial charge is 0.497 e. The Balaban J connectivity index is 2.29. The van der Waals surface area contributed by atoms with Crippen molar-refractivity contribution in [2.24, 2.45) is 5.92 Å². The predicted octanol–water partition coefficient (Wildman–Crippen LogP) is 5.84. The Hall–Kier alpha value is -1.61. The third kappa shape index (κ3) is 4.47. The monoisotopic (exact) mass is 388 g/mol. The molecule has 0 radical (unpaired) electrons. The minimum atomic E-state index is 0.0765. The quantitative estimate of drug-likeness (QED) is 0.419. The van der Waals surface area contributed by atoms with Gasteiger partial charge in [-0.2, -0.15) is 0 Å². The lowest BCUT2D eigenvalue weighted by Gasteiger charge is -2.18. The van der Waals surface area contributed by atoms with Crippen LogP contribution in [0.25, 0.3) is 0 Å². The first-order chi connectivity index (χ1) is 11.6. The number of rotatable bonds is 8. The van der Waals surface area contributed by atoms with E-state index in [-0.39, 0.29) is 17.6 Å². The highest BCUT2D eigenvalue weighted by Gasteiger charge is 2.17. The Morgan fingerprint density at radius 2 is 1.83 bits per heavy atom. The summed E-state index contributed by atoms with van der Waals surface area (Å²) >= 11 is 3.56. The van der Waals surface area contributed by atoms with Crippen molar-refractivity contribution in [3.8, 4) is 5.75 Å². The van der Waals surface area contributed by atoms with Crippen molar-refractivity contribution in [1.29, 1.82) is 0 Å². The Bertz CT molecular complexity index is 664. The first-order valence-electron chi connectivity index (χ1n) is 8.44. The van der Waals surface area contributed by atoms with Crippen LogP contribution in [0.3, 0.4) is 0 Å². The normalized spacial score (nSPS) is 13.3. The Labute approximate surface area is 153 Å². The van der Waals surface area contributed by atoms with Gasteiger partial charge in [-0.25, -0.2) is 0 Å². The van der Waals surface area contributed by atoms with Gasteiger partial charge in [-0.1, -0.05) is 66.2 Å². The van der Waals surface area contributed by atoms with Crippen LogP contribution in [-0.4, -0.2) is 18.2 Å². The van der Waals surface area contributed by atoms with Crippen LogP contribution in [0.1, 0.15) is 54.1 Å². The number of benzene rings is 2. The summed E-state index contributed by atoms with van der Waals surface area (Å²) in [6.07, 6.45) is 1.86. The topological polar surface area (TPSA) is 26.3 Å². The SMILES string of the molecule is CCC(C)C(=O)c1ccc(C(CCBr)c2cccc(OC)c2)cc1. The molecule has 128 valence electrons. The van der Waals surface area contributed by atoms with E-state index in [9.17, 15) is 4.79 Å². The fourth-order valence-electron chi connectivity index (χ4n) is 2.84. The van der Waals surface area contributed by atoms with E-state index in [1.54, 1.807) is 7.11 Å². The van der Waals surface area contributed by atoms with Crippen molar-refractivity contribution in [2.75, 3.05) is 12.4 Å². The first kappa shape index (κ1) is 18.7. The maximum absolute atomic E-state index is 12.3. The molecule has 2 rings (SSSR count). The van der Waals surface area contributed by atoms with Crippen molar-refractivity contribution in [2.45, 2.75) is 32.6 Å². The molecule has 2 aromatic rings. The zero-order valence-electron chi connectivity index (χ0n) is 14.6. The van der Waals surface area contributed by atoms with Crippen molar-refractivity contribution in [3.63, 3.8) is 0 Å². The van der Waals surface area contributed by atoms with Gasteiger partial charge in [0.2, 0.25) is 0 Å². The van der Waals surface area contributed by atoms with Crippen LogP contribution in [0.5, 0.6) is 5.75 Å². The van der Waals surface area contributed by atoms with Crippen LogP contribution < -0.4 is 4.74 Å². The number of Topliss-reactive ketones (excluding diaryl/α,β-unsaturated/α-hetero) is 1. The van der Waals surface area contributed by atoms with Crippen LogP contribution in [0.4, 0.5) is 0 Å². The van der Waals surface area contributed by atoms with E-state index < -0.39 is 0 Å². The van der Waals surface area contributed by atoms with Gasteiger partial charge in [0.05, 0.1) is 7.11 Å². The molecule has 0 amide bonds. The second-order valence-electron chi connectivity index (χ2n) is 6.10. The molecule has 3 heteroatoms. The van der Waals surface area contributed by atoms with Crippen molar-refractivity contribution in [1.82, 2.24) is 0 Å². The van der Waals surface area contributed by atoms with E-state index in [0.29, 0.717) is 0 Å². The number of methoxy groups -OCH3 is 1. The molecule has 0 spiro atoms. The molecule has 0 bridgehead atoms. The van der Waals surface area contributed by atoms with E-state index in [1.807, 2.05) is 38.1 Å². The predicted molar refractivity (Wildman–Crippen MR) is 103 cm³/mol. The van der Waals surface area contributed by atoms with Gasteiger partial charge in [0.15, 0.2) is 5.78 Å². The van der Waals surface area contributed by atoms with Gasteiger partial charge in [0.1, 0.15) is 5.75 Å². The second-order valence-corrected chi connectivity index (χ2v) is 6.90. The van der Waals surface area contributed by atoms with Gasteiger partial charge in [0, 0.05) is 22.7 Å². The van der Waals surface area contributed by atoms with Gasteiger partial charge in [-0.15, -0.1) is 0 Å². The van der Waals surface area contributed by atoms with Crippen LogP contribution in [0.15, 0.2) is 48.5 Å². The maximum Gasteiger partial charge on any atom is 0.165 e. The summed E-state index contributed by atoms with van der Waals surface area (Å²) in [5.41, 5.74) is 3.26. The number of hydrogen-bond acceptors (Lipinski definition) is 2. The highest BCUT2D eigenvalue weighted by Crippen LogP contribution is 2.31. The lowest BCUT2D eigenvalue weighted by atomic mass is 9.87. The van der Waals surface area contributed by atoms with Crippen LogP contribution >= 0.6 is 15.9 Å². The number of halogens is 1. The van der Waals surface area contributed by atoms with E-state index in [1.165, 1.54) is 11.1 Å². The molecule has 2 nitrogen and oxygen atoms in total. The fourth-order valence-corrected chi connectivity index (χ4v) is 3.30. The summed E-state index contributed by atoms with van der Waals surface area (Å²) in [6, 6.07) is 16.3. The zero-order chi connectivity index (χ0) is 17.5. The number of alkyl halides is 1. The molecule has 2 unspecified atom stereocenters. The molecule has 0 heterocycles. The minimum Gasteiger partial charge on any atom is -0.497 e. The van der Waals surface area contributed by atoms with Crippen molar-refractivity contribution >= 4 is 21.7 Å². The average Bonchev–Trinajstić information content (AvgIpc) is 2.65. The van der Waals surface area contributed by atoms with Crippen LogP contribution in [-0.2, 0) is 0 Å². The van der Waals surface area contributed by atoms with E-state index in [0.717, 1.165) is 29.5 Å². The third-order valence-electron chi connectivity index (χ3n) is 4.55. The van der Waals surface area contributed by atoms with Gasteiger partial charge in [-0.05, 0) is 36.1 Å². The maximum atomic E-state index is 12.3. The molecule has 0 N–H and O–H groups in total. The second kappa shape index (κ2) is 9.03. The molecule has 0 aromatic heterocycles. The van der Waals surface area contributed by atoms with Gasteiger partial charge in [0.25, 0.3) is 0 Å². The van der Waals surface area contributed by atoms with Crippen molar-refractivity contribution < 1.29 is 9.53 Å². The van der Waals surface area contributed by atoms with Crippen LogP contribution in [0, 0.1) is 5.92 Å². The molecule has 2 atom stereocenters. The van der Waals surface area contributed by atoms with Gasteiger partial charge < -0.3 is 4.74 Å². The summed E-state index contributed by atoms with van der Waals surface area (Å²) in [4.78, 5) is 12.3. The van der Waals surface area contributed by atoms with Gasteiger partial charge >= 0.3 is 0 Å².